The molecule has 2 amide bonds. The molecule has 0 saturated heterocycles. The molecule has 0 spiro atoms. The maximum Gasteiger partial charge on any atom is 0.415 e. The van der Waals surface area contributed by atoms with Gasteiger partial charge >= 0.3 is 11.8 Å². The second kappa shape index (κ2) is 6.23. The van der Waals surface area contributed by atoms with Gasteiger partial charge in [0.25, 0.3) is 0 Å². The summed E-state index contributed by atoms with van der Waals surface area (Å²) in [6.45, 7) is 1.42. The normalized spacial score (nSPS) is 16.0. The predicted molar refractivity (Wildman–Crippen MR) is 87.7 cm³/mol. The van der Waals surface area contributed by atoms with Gasteiger partial charge in [0.05, 0.1) is 4.92 Å². The third-order valence-electron chi connectivity index (χ3n) is 3.78. The van der Waals surface area contributed by atoms with Crippen molar-refractivity contribution in [1.29, 1.82) is 0 Å². The van der Waals surface area contributed by atoms with Crippen molar-refractivity contribution in [3.8, 4) is 0 Å². The Morgan fingerprint density at radius 3 is 2.40 bits per heavy atom. The van der Waals surface area contributed by atoms with E-state index in [0.717, 1.165) is 17.7 Å². The summed E-state index contributed by atoms with van der Waals surface area (Å²) in [5.74, 6) is 0.154. The topological polar surface area (TPSA) is 120 Å². The average molecular weight is 345 g/mol. The van der Waals surface area contributed by atoms with Crippen LogP contribution in [-0.4, -0.2) is 38.0 Å². The van der Waals surface area contributed by atoms with Crippen LogP contribution >= 0.6 is 0 Å². The van der Waals surface area contributed by atoms with Crippen LogP contribution in [0.5, 0.6) is 0 Å². The van der Waals surface area contributed by atoms with Gasteiger partial charge in [0.1, 0.15) is 5.82 Å². The first-order valence-corrected chi connectivity index (χ1v) is 7.50. The highest BCUT2D eigenvalue weighted by atomic mass is 16.6. The molecule has 1 aromatic rings. The van der Waals surface area contributed by atoms with Gasteiger partial charge in [-0.1, -0.05) is 0 Å². The van der Waals surface area contributed by atoms with Crippen LogP contribution in [-0.2, 0) is 4.79 Å². The SMILES string of the molecule is CC(=O)N(c1ccc([N+](=O)[O-])c(N2C=CN(C(=O)O)C=C2)n1)C1CC1. The van der Waals surface area contributed by atoms with Crippen molar-refractivity contribution in [2.45, 2.75) is 25.8 Å². The average Bonchev–Trinajstić information content (AvgIpc) is 3.39. The number of nitro groups is 1. The van der Waals surface area contributed by atoms with Gasteiger partial charge in [-0.2, -0.15) is 0 Å². The highest BCUT2D eigenvalue weighted by Gasteiger charge is 2.34. The first-order valence-electron chi connectivity index (χ1n) is 7.50. The summed E-state index contributed by atoms with van der Waals surface area (Å²) in [5.41, 5.74) is -0.249. The maximum absolute atomic E-state index is 11.9. The number of rotatable bonds is 4. The molecule has 25 heavy (non-hydrogen) atoms. The fraction of sp³-hybridized carbons (Fsp3) is 0.267. The van der Waals surface area contributed by atoms with Crippen LogP contribution in [0.2, 0.25) is 0 Å². The third kappa shape index (κ3) is 3.27. The fourth-order valence-corrected chi connectivity index (χ4v) is 2.49. The van der Waals surface area contributed by atoms with E-state index in [1.165, 1.54) is 53.7 Å². The Bertz CT molecular complexity index is 788. The molecule has 0 radical (unpaired) electrons. The van der Waals surface area contributed by atoms with E-state index in [4.69, 9.17) is 5.11 Å². The number of hydrogen-bond acceptors (Lipinski definition) is 6. The van der Waals surface area contributed by atoms with Crippen LogP contribution in [0.1, 0.15) is 19.8 Å². The number of carboxylic acid groups (broad SMARTS) is 1. The van der Waals surface area contributed by atoms with Crippen LogP contribution in [0.25, 0.3) is 0 Å². The first kappa shape index (κ1) is 16.4. The van der Waals surface area contributed by atoms with Crippen LogP contribution in [0.15, 0.2) is 36.9 Å². The van der Waals surface area contributed by atoms with Crippen LogP contribution in [0.3, 0.4) is 0 Å². The van der Waals surface area contributed by atoms with Gasteiger partial charge in [0, 0.05) is 43.8 Å². The minimum Gasteiger partial charge on any atom is -0.464 e. The lowest BCUT2D eigenvalue weighted by Crippen LogP contribution is -2.32. The molecule has 0 atom stereocenters. The Kier molecular flexibility index (Phi) is 4.09. The summed E-state index contributed by atoms with van der Waals surface area (Å²) in [6.07, 6.45) is 5.73. The van der Waals surface area contributed by atoms with Gasteiger partial charge in [-0.3, -0.25) is 29.6 Å². The van der Waals surface area contributed by atoms with E-state index in [9.17, 15) is 19.7 Å². The summed E-state index contributed by atoms with van der Waals surface area (Å²) >= 11 is 0. The molecule has 1 saturated carbocycles. The Hall–Kier alpha value is -3.43. The Balaban J connectivity index is 1.99. The third-order valence-corrected chi connectivity index (χ3v) is 3.78. The largest absolute Gasteiger partial charge is 0.464 e. The van der Waals surface area contributed by atoms with E-state index in [-0.39, 0.29) is 23.5 Å². The molecular formula is C15H15N5O5. The number of nitrogens with zero attached hydrogens (tertiary/aromatic N) is 5. The van der Waals surface area contributed by atoms with Gasteiger partial charge in [-0.05, 0) is 18.9 Å². The van der Waals surface area contributed by atoms with Crippen molar-refractivity contribution in [1.82, 2.24) is 9.88 Å². The summed E-state index contributed by atoms with van der Waals surface area (Å²) in [6, 6.07) is 2.80. The van der Waals surface area contributed by atoms with E-state index in [1.54, 1.807) is 0 Å². The van der Waals surface area contributed by atoms with E-state index in [0.29, 0.717) is 5.82 Å². The van der Waals surface area contributed by atoms with E-state index in [2.05, 4.69) is 4.98 Å². The molecule has 0 unspecified atom stereocenters. The monoisotopic (exact) mass is 345 g/mol. The number of carbonyl (C=O) groups is 2. The van der Waals surface area contributed by atoms with Crippen LogP contribution in [0, 0.1) is 10.1 Å². The molecule has 2 heterocycles. The highest BCUT2D eigenvalue weighted by Crippen LogP contribution is 2.35. The smallest absolute Gasteiger partial charge is 0.415 e. The second-order valence-electron chi connectivity index (χ2n) is 5.58. The van der Waals surface area contributed by atoms with Gasteiger partial charge in [0.2, 0.25) is 11.7 Å². The van der Waals surface area contributed by atoms with Gasteiger partial charge in [-0.25, -0.2) is 9.78 Å². The van der Waals surface area contributed by atoms with Crippen molar-refractivity contribution in [2.75, 3.05) is 9.80 Å². The molecule has 130 valence electrons. The molecule has 1 N–H and O–H groups in total. The number of amides is 2. The standard InChI is InChI=1S/C15H15N5O5/c1-10(21)19(11-2-3-11)13-5-4-12(20(24)25)14(16-13)17-6-8-18(9-7-17)15(22)23/h4-9,11H,2-3H2,1H3,(H,22,23). The van der Waals surface area contributed by atoms with Gasteiger partial charge in [-0.15, -0.1) is 0 Å². The van der Waals surface area contributed by atoms with E-state index >= 15 is 0 Å². The Morgan fingerprint density at radius 2 is 1.92 bits per heavy atom. The van der Waals surface area contributed by atoms with Crippen molar-refractivity contribution in [3.63, 3.8) is 0 Å². The molecule has 0 bridgehead atoms. The van der Waals surface area contributed by atoms with Crippen molar-refractivity contribution >= 4 is 29.3 Å². The molecule has 1 aliphatic carbocycles. The Morgan fingerprint density at radius 1 is 1.28 bits per heavy atom. The Labute approximate surface area is 142 Å². The summed E-state index contributed by atoms with van der Waals surface area (Å²) < 4.78 is 0. The van der Waals surface area contributed by atoms with Crippen molar-refractivity contribution < 1.29 is 19.6 Å². The van der Waals surface area contributed by atoms with E-state index < -0.39 is 11.0 Å². The second-order valence-corrected chi connectivity index (χ2v) is 5.58. The summed E-state index contributed by atoms with van der Waals surface area (Å²) in [4.78, 5) is 41.6. The quantitative estimate of drug-likeness (QED) is 0.656. The molecule has 0 aromatic carbocycles. The first-order chi connectivity index (χ1) is 11.9. The zero-order chi connectivity index (χ0) is 18.1. The molecule has 10 nitrogen and oxygen atoms in total. The maximum atomic E-state index is 11.9. The lowest BCUT2D eigenvalue weighted by atomic mass is 10.3. The number of hydrogen-bond donors (Lipinski definition) is 1. The molecule has 3 rings (SSSR count). The van der Waals surface area contributed by atoms with Crippen molar-refractivity contribution in [2.24, 2.45) is 0 Å². The van der Waals surface area contributed by atoms with Crippen LogP contribution < -0.4 is 9.80 Å². The lowest BCUT2D eigenvalue weighted by molar-refractivity contribution is -0.384. The zero-order valence-electron chi connectivity index (χ0n) is 13.3. The van der Waals surface area contributed by atoms with Gasteiger partial charge in [0.15, 0.2) is 0 Å². The van der Waals surface area contributed by atoms with Gasteiger partial charge < -0.3 is 5.11 Å². The minimum atomic E-state index is -1.18. The van der Waals surface area contributed by atoms with E-state index in [1.807, 2.05) is 0 Å². The number of carbonyl (C=O) groups excluding carboxylic acids is 1. The fourth-order valence-electron chi connectivity index (χ4n) is 2.49. The minimum absolute atomic E-state index is 0.00642. The molecule has 1 aliphatic heterocycles. The number of anilines is 2. The zero-order valence-corrected chi connectivity index (χ0v) is 13.3. The number of aromatic nitrogens is 1. The highest BCUT2D eigenvalue weighted by molar-refractivity contribution is 5.92. The summed E-state index contributed by atoms with van der Waals surface area (Å²) in [5, 5.41) is 20.2. The van der Waals surface area contributed by atoms with Crippen molar-refractivity contribution in [3.05, 3.63) is 47.0 Å². The summed E-state index contributed by atoms with van der Waals surface area (Å²) in [7, 11) is 0. The molecule has 1 aromatic heterocycles. The van der Waals surface area contributed by atoms with Crippen LogP contribution in [0.4, 0.5) is 22.1 Å². The molecule has 1 fully saturated rings. The lowest BCUT2D eigenvalue weighted by Gasteiger charge is -2.24. The molecule has 2 aliphatic rings. The number of pyridine rings is 1. The molecule has 10 heteroatoms. The molecular weight excluding hydrogens is 330 g/mol. The predicted octanol–water partition coefficient (Wildman–Crippen LogP) is 2.25.